The first-order chi connectivity index (χ1) is 15.1. The van der Waals surface area contributed by atoms with E-state index in [1.807, 2.05) is 24.3 Å². The van der Waals surface area contributed by atoms with Gasteiger partial charge in [-0.05, 0) is 72.8 Å². The fraction of sp³-hybridized carbons (Fsp3) is 0.560. The van der Waals surface area contributed by atoms with E-state index in [1.165, 1.54) is 38.5 Å². The van der Waals surface area contributed by atoms with Crippen LogP contribution in [0.3, 0.4) is 0 Å². The Morgan fingerprint density at radius 1 is 1.16 bits per heavy atom. The van der Waals surface area contributed by atoms with Gasteiger partial charge in [0, 0.05) is 18.1 Å². The number of halogens is 1. The molecule has 4 aliphatic carbocycles. The van der Waals surface area contributed by atoms with E-state index < -0.39 is 0 Å². The Bertz CT molecular complexity index is 984. The first-order valence-corrected chi connectivity index (χ1v) is 12.0. The second-order valence-corrected chi connectivity index (χ2v) is 10.3. The van der Waals surface area contributed by atoms with Crippen molar-refractivity contribution in [3.8, 4) is 6.07 Å². The predicted molar refractivity (Wildman–Crippen MR) is 124 cm³/mol. The van der Waals surface area contributed by atoms with E-state index in [2.05, 4.69) is 33.6 Å². The molecule has 0 spiro atoms. The maximum absolute atomic E-state index is 9.57. The minimum absolute atomic E-state index is 0.366. The first kappa shape index (κ1) is 20.6. The van der Waals surface area contributed by atoms with Crippen molar-refractivity contribution in [1.82, 2.24) is 9.97 Å². The standard InChI is InChI=1S/C25H30ClN5/c1-2-21-18-7-16-8-19(21)11-25(9-16,10-18)15-30-23-20(12-27)14-29-24(31-23)28-13-17-5-3-4-6-22(17)26/h3-6,14,16,18-19,21H,2,7-11,13,15H2,1H3,(H2,28,29,30,31). The minimum Gasteiger partial charge on any atom is -0.368 e. The first-order valence-electron chi connectivity index (χ1n) is 11.6. The lowest BCUT2D eigenvalue weighted by Gasteiger charge is -2.60. The van der Waals surface area contributed by atoms with E-state index in [4.69, 9.17) is 11.6 Å². The summed E-state index contributed by atoms with van der Waals surface area (Å²) < 4.78 is 0. The lowest BCUT2D eigenvalue weighted by atomic mass is 9.46. The lowest BCUT2D eigenvalue weighted by Crippen LogP contribution is -2.53. The highest BCUT2D eigenvalue weighted by Crippen LogP contribution is 2.62. The summed E-state index contributed by atoms with van der Waals surface area (Å²) in [5.74, 6) is 4.77. The zero-order valence-electron chi connectivity index (χ0n) is 18.1. The number of benzene rings is 1. The molecule has 0 radical (unpaired) electrons. The van der Waals surface area contributed by atoms with Crippen molar-refractivity contribution in [2.75, 3.05) is 17.2 Å². The molecule has 0 saturated heterocycles. The van der Waals surface area contributed by atoms with Crippen LogP contribution in [0.4, 0.5) is 11.8 Å². The number of aromatic nitrogens is 2. The molecular formula is C25H30ClN5. The monoisotopic (exact) mass is 435 g/mol. The van der Waals surface area contributed by atoms with Gasteiger partial charge in [0.25, 0.3) is 0 Å². The number of nitrogens with one attached hydrogen (secondary N) is 2. The Balaban J connectivity index is 1.29. The molecule has 31 heavy (non-hydrogen) atoms. The number of hydrogen-bond donors (Lipinski definition) is 2. The zero-order valence-corrected chi connectivity index (χ0v) is 18.8. The Morgan fingerprint density at radius 3 is 2.65 bits per heavy atom. The molecular weight excluding hydrogens is 406 g/mol. The van der Waals surface area contributed by atoms with Gasteiger partial charge in [0.2, 0.25) is 5.95 Å². The Kier molecular flexibility index (Phi) is 5.52. The van der Waals surface area contributed by atoms with E-state index in [9.17, 15) is 5.26 Å². The van der Waals surface area contributed by atoms with Crippen LogP contribution in [0.25, 0.3) is 0 Å². The van der Waals surface area contributed by atoms with Crippen LogP contribution in [0.5, 0.6) is 0 Å². The average Bonchev–Trinajstić information content (AvgIpc) is 2.77. The molecule has 0 aliphatic heterocycles. The largest absolute Gasteiger partial charge is 0.368 e. The molecule has 5 nitrogen and oxygen atoms in total. The molecule has 2 unspecified atom stereocenters. The van der Waals surface area contributed by atoms with Crippen LogP contribution in [0.2, 0.25) is 5.02 Å². The van der Waals surface area contributed by atoms with Gasteiger partial charge in [-0.3, -0.25) is 0 Å². The molecule has 2 atom stereocenters. The molecule has 1 aromatic carbocycles. The van der Waals surface area contributed by atoms with Gasteiger partial charge in [-0.2, -0.15) is 10.2 Å². The van der Waals surface area contributed by atoms with Gasteiger partial charge >= 0.3 is 0 Å². The highest BCUT2D eigenvalue weighted by Gasteiger charge is 2.54. The summed E-state index contributed by atoms with van der Waals surface area (Å²) in [6.07, 6.45) is 9.79. The SMILES string of the molecule is CCC1C2CC3CC1CC(CNc1nc(NCc4ccccc4Cl)ncc1C#N)(C3)C2. The maximum Gasteiger partial charge on any atom is 0.224 e. The molecule has 4 aliphatic rings. The number of nitriles is 1. The van der Waals surface area contributed by atoms with Crippen molar-refractivity contribution in [1.29, 1.82) is 5.26 Å². The molecule has 2 N–H and O–H groups in total. The number of anilines is 2. The van der Waals surface area contributed by atoms with Crippen molar-refractivity contribution < 1.29 is 0 Å². The van der Waals surface area contributed by atoms with Crippen LogP contribution in [-0.4, -0.2) is 16.5 Å². The highest BCUT2D eigenvalue weighted by molar-refractivity contribution is 6.31. The molecule has 6 heteroatoms. The zero-order chi connectivity index (χ0) is 21.4. The van der Waals surface area contributed by atoms with Crippen LogP contribution in [0, 0.1) is 40.4 Å². The van der Waals surface area contributed by atoms with Crippen LogP contribution in [-0.2, 0) is 6.54 Å². The topological polar surface area (TPSA) is 73.6 Å². The fourth-order valence-corrected chi connectivity index (χ4v) is 7.15. The van der Waals surface area contributed by atoms with Crippen molar-refractivity contribution in [2.24, 2.45) is 29.1 Å². The molecule has 6 rings (SSSR count). The van der Waals surface area contributed by atoms with Crippen molar-refractivity contribution in [3.05, 3.63) is 46.6 Å². The highest BCUT2D eigenvalue weighted by atomic mass is 35.5. The summed E-state index contributed by atoms with van der Waals surface area (Å²) in [5.41, 5.74) is 1.86. The maximum atomic E-state index is 9.57. The van der Waals surface area contributed by atoms with Crippen LogP contribution >= 0.6 is 11.6 Å². The van der Waals surface area contributed by atoms with Gasteiger partial charge in [-0.1, -0.05) is 43.1 Å². The smallest absolute Gasteiger partial charge is 0.224 e. The lowest BCUT2D eigenvalue weighted by molar-refractivity contribution is -0.0893. The van der Waals surface area contributed by atoms with Crippen LogP contribution < -0.4 is 10.6 Å². The summed E-state index contributed by atoms with van der Waals surface area (Å²) in [6, 6.07) is 9.98. The minimum atomic E-state index is 0.366. The van der Waals surface area contributed by atoms with E-state index in [1.54, 1.807) is 6.20 Å². The summed E-state index contributed by atoms with van der Waals surface area (Å²) >= 11 is 6.25. The van der Waals surface area contributed by atoms with Gasteiger partial charge in [0.05, 0.1) is 6.20 Å². The van der Waals surface area contributed by atoms with Crippen molar-refractivity contribution >= 4 is 23.4 Å². The van der Waals surface area contributed by atoms with E-state index in [-0.39, 0.29) is 0 Å². The Morgan fingerprint density at radius 2 is 1.94 bits per heavy atom. The molecule has 4 bridgehead atoms. The van der Waals surface area contributed by atoms with Crippen molar-refractivity contribution in [3.63, 3.8) is 0 Å². The third-order valence-corrected chi connectivity index (χ3v) is 8.37. The van der Waals surface area contributed by atoms with Gasteiger partial charge in [0.1, 0.15) is 17.5 Å². The summed E-state index contributed by atoms with van der Waals surface area (Å²) in [6.45, 7) is 3.82. The third-order valence-electron chi connectivity index (χ3n) is 8.00. The van der Waals surface area contributed by atoms with E-state index in [0.717, 1.165) is 35.8 Å². The molecule has 2 aromatic rings. The molecule has 1 heterocycles. The number of hydrogen-bond acceptors (Lipinski definition) is 5. The van der Waals surface area contributed by atoms with Crippen LogP contribution in [0.1, 0.15) is 56.6 Å². The van der Waals surface area contributed by atoms with Gasteiger partial charge < -0.3 is 10.6 Å². The number of nitrogens with zero attached hydrogens (tertiary/aromatic N) is 3. The normalized spacial score (nSPS) is 30.7. The summed E-state index contributed by atoms with van der Waals surface area (Å²) in [5, 5.41) is 17.1. The van der Waals surface area contributed by atoms with Gasteiger partial charge in [0.15, 0.2) is 0 Å². The molecule has 0 amide bonds. The average molecular weight is 436 g/mol. The Labute approximate surface area is 189 Å². The van der Waals surface area contributed by atoms with Gasteiger partial charge in [-0.15, -0.1) is 0 Å². The van der Waals surface area contributed by atoms with E-state index in [0.29, 0.717) is 34.3 Å². The Hall–Kier alpha value is -2.32. The van der Waals surface area contributed by atoms with Gasteiger partial charge in [-0.25, -0.2) is 4.98 Å². The van der Waals surface area contributed by atoms with Crippen molar-refractivity contribution in [2.45, 2.75) is 52.0 Å². The second-order valence-electron chi connectivity index (χ2n) is 9.91. The molecule has 162 valence electrons. The second kappa shape index (κ2) is 8.31. The quantitative estimate of drug-likeness (QED) is 0.568. The summed E-state index contributed by atoms with van der Waals surface area (Å²) in [7, 11) is 0. The van der Waals surface area contributed by atoms with E-state index >= 15 is 0 Å². The number of rotatable bonds is 7. The predicted octanol–water partition coefficient (Wildman–Crippen LogP) is 5.88. The fourth-order valence-electron chi connectivity index (χ4n) is 6.95. The molecule has 4 saturated carbocycles. The summed E-state index contributed by atoms with van der Waals surface area (Å²) in [4.78, 5) is 8.96. The van der Waals surface area contributed by atoms with Crippen LogP contribution in [0.15, 0.2) is 30.5 Å². The molecule has 1 aromatic heterocycles. The third kappa shape index (κ3) is 3.99. The molecule has 4 fully saturated rings.